The van der Waals surface area contributed by atoms with Gasteiger partial charge in [-0.05, 0) is 91.8 Å². The van der Waals surface area contributed by atoms with Crippen LogP contribution < -0.4 is 0 Å². The molecule has 0 radical (unpaired) electrons. The molecule has 4 fully saturated rings. The number of carboxylic acid groups (broad SMARTS) is 1. The van der Waals surface area contributed by atoms with Crippen molar-refractivity contribution in [1.82, 2.24) is 0 Å². The van der Waals surface area contributed by atoms with Crippen molar-refractivity contribution in [3.63, 3.8) is 0 Å². The lowest BCUT2D eigenvalue weighted by atomic mass is 9.44. The number of rotatable bonds is 4. The molecule has 0 heterocycles. The van der Waals surface area contributed by atoms with Crippen LogP contribution in [-0.2, 0) is 9.59 Å². The summed E-state index contributed by atoms with van der Waals surface area (Å²) in [5, 5.41) is 19.3. The van der Waals surface area contributed by atoms with Gasteiger partial charge < -0.3 is 10.2 Å². The Labute approximate surface area is 169 Å². The molecule has 2 N–H and O–H groups in total. The van der Waals surface area contributed by atoms with Gasteiger partial charge in [-0.1, -0.05) is 20.8 Å². The number of ketones is 1. The number of carboxylic acids is 1. The lowest BCUT2D eigenvalue weighted by molar-refractivity contribution is -0.160. The average Bonchev–Trinajstić information content (AvgIpc) is 2.98. The van der Waals surface area contributed by atoms with Crippen LogP contribution in [0.15, 0.2) is 0 Å². The summed E-state index contributed by atoms with van der Waals surface area (Å²) in [6.45, 7) is 7.06. The number of hydrogen-bond acceptors (Lipinski definition) is 3. The number of aliphatic hydroxyl groups excluding tert-OH is 1. The number of aliphatic carboxylic acids is 1. The predicted molar refractivity (Wildman–Crippen MR) is 108 cm³/mol. The van der Waals surface area contributed by atoms with Crippen LogP contribution in [0.1, 0.15) is 85.0 Å². The van der Waals surface area contributed by atoms with Crippen molar-refractivity contribution in [2.75, 3.05) is 0 Å². The van der Waals surface area contributed by atoms with Gasteiger partial charge in [-0.2, -0.15) is 0 Å². The number of hydrogen-bond donors (Lipinski definition) is 2. The third kappa shape index (κ3) is 3.05. The minimum Gasteiger partial charge on any atom is -0.481 e. The minimum absolute atomic E-state index is 0.187. The SMILES string of the molecule is C[C@H](CCC(=O)O)[C@H]1CCC2C3C(=O)C[C@@H]4CC(O)CC[C@]4(C)C3CC[C@@]21C. The van der Waals surface area contributed by atoms with Gasteiger partial charge in [0.15, 0.2) is 0 Å². The molecule has 4 saturated carbocycles. The maximum Gasteiger partial charge on any atom is 0.303 e. The lowest BCUT2D eigenvalue weighted by Gasteiger charge is -2.60. The van der Waals surface area contributed by atoms with Crippen LogP contribution in [0.5, 0.6) is 0 Å². The largest absolute Gasteiger partial charge is 0.481 e. The van der Waals surface area contributed by atoms with E-state index in [9.17, 15) is 14.7 Å². The van der Waals surface area contributed by atoms with Gasteiger partial charge in [-0.25, -0.2) is 0 Å². The summed E-state index contributed by atoms with van der Waals surface area (Å²) in [6.07, 6.45) is 8.81. The lowest BCUT2D eigenvalue weighted by Crippen LogP contribution is -2.57. The van der Waals surface area contributed by atoms with E-state index in [2.05, 4.69) is 20.8 Å². The Kier molecular flexibility index (Phi) is 5.17. The summed E-state index contributed by atoms with van der Waals surface area (Å²) in [5.41, 5.74) is 0.401. The Bertz CT molecular complexity index is 645. The molecule has 0 aromatic rings. The maximum absolute atomic E-state index is 13.3. The first-order valence-corrected chi connectivity index (χ1v) is 11.6. The minimum atomic E-state index is -0.698. The average molecular weight is 391 g/mol. The van der Waals surface area contributed by atoms with Gasteiger partial charge in [0, 0.05) is 18.8 Å². The van der Waals surface area contributed by atoms with Gasteiger partial charge in [-0.3, -0.25) is 9.59 Å². The van der Waals surface area contributed by atoms with Gasteiger partial charge >= 0.3 is 5.97 Å². The second kappa shape index (κ2) is 7.11. The summed E-state index contributed by atoms with van der Waals surface area (Å²) in [6, 6.07) is 0. The zero-order valence-corrected chi connectivity index (χ0v) is 17.8. The van der Waals surface area contributed by atoms with Crippen molar-refractivity contribution in [3.05, 3.63) is 0 Å². The molecule has 0 aromatic carbocycles. The highest BCUT2D eigenvalue weighted by atomic mass is 16.4. The predicted octanol–water partition coefficient (Wildman–Crippen LogP) is 4.69. The standard InChI is InChI=1S/C24H38O4/c1-14(4-7-21(27)28)17-5-6-18-22-19(9-11-24(17,18)3)23(2)10-8-16(25)12-15(23)13-20(22)26/h14-19,22,25H,4-13H2,1-3H3,(H,27,28)/t14-,15+,16?,17-,18?,19?,22?,23+,24-/m1/s1. The van der Waals surface area contributed by atoms with E-state index < -0.39 is 5.97 Å². The van der Waals surface area contributed by atoms with Crippen LogP contribution in [0.25, 0.3) is 0 Å². The Hall–Kier alpha value is -0.900. The van der Waals surface area contributed by atoms with E-state index in [1.165, 1.54) is 6.42 Å². The normalized spacial score (nSPS) is 49.1. The van der Waals surface area contributed by atoms with Gasteiger partial charge in [0.2, 0.25) is 0 Å². The molecule has 0 saturated heterocycles. The summed E-state index contributed by atoms with van der Waals surface area (Å²) < 4.78 is 0. The zero-order valence-electron chi connectivity index (χ0n) is 17.8. The van der Waals surface area contributed by atoms with E-state index in [0.29, 0.717) is 41.8 Å². The van der Waals surface area contributed by atoms with Gasteiger partial charge in [0.1, 0.15) is 5.78 Å². The fourth-order valence-electron chi connectivity index (χ4n) is 8.44. The summed E-state index contributed by atoms with van der Waals surface area (Å²) >= 11 is 0. The first-order valence-electron chi connectivity index (χ1n) is 11.6. The van der Waals surface area contributed by atoms with E-state index in [-0.39, 0.29) is 29.3 Å². The van der Waals surface area contributed by atoms with Gasteiger partial charge in [0.05, 0.1) is 6.10 Å². The Morgan fingerprint density at radius 2 is 1.79 bits per heavy atom. The van der Waals surface area contributed by atoms with E-state index in [0.717, 1.165) is 44.9 Å². The van der Waals surface area contributed by atoms with E-state index >= 15 is 0 Å². The number of fused-ring (bicyclic) bond motifs is 5. The zero-order chi connectivity index (χ0) is 20.3. The fourth-order valence-corrected chi connectivity index (χ4v) is 8.44. The van der Waals surface area contributed by atoms with Crippen molar-refractivity contribution in [3.8, 4) is 0 Å². The summed E-state index contributed by atoms with van der Waals surface area (Å²) in [7, 11) is 0. The van der Waals surface area contributed by atoms with Crippen LogP contribution in [-0.4, -0.2) is 28.1 Å². The highest BCUT2D eigenvalue weighted by Crippen LogP contribution is 2.67. The molecule has 4 aliphatic rings. The van der Waals surface area contributed by atoms with E-state index in [4.69, 9.17) is 5.11 Å². The molecule has 28 heavy (non-hydrogen) atoms. The van der Waals surface area contributed by atoms with E-state index in [1.54, 1.807) is 0 Å². The van der Waals surface area contributed by atoms with Crippen LogP contribution >= 0.6 is 0 Å². The molecular formula is C24H38O4. The van der Waals surface area contributed by atoms with Crippen LogP contribution in [0.4, 0.5) is 0 Å². The fraction of sp³-hybridized carbons (Fsp3) is 0.917. The van der Waals surface area contributed by atoms with Crippen LogP contribution in [0.3, 0.4) is 0 Å². The first-order chi connectivity index (χ1) is 13.2. The number of carbonyl (C=O) groups is 2. The molecule has 4 unspecified atom stereocenters. The maximum atomic E-state index is 13.3. The number of Topliss-reactive ketones (excluding diaryl/α,β-unsaturated/α-hetero) is 1. The van der Waals surface area contributed by atoms with Crippen LogP contribution in [0, 0.1) is 46.3 Å². The highest BCUT2D eigenvalue weighted by Gasteiger charge is 2.62. The molecule has 4 nitrogen and oxygen atoms in total. The number of aliphatic hydroxyl groups is 1. The monoisotopic (exact) mass is 390 g/mol. The van der Waals surface area contributed by atoms with Crippen molar-refractivity contribution >= 4 is 11.8 Å². The van der Waals surface area contributed by atoms with Crippen molar-refractivity contribution < 1.29 is 19.8 Å². The Morgan fingerprint density at radius 1 is 1.11 bits per heavy atom. The third-order valence-corrected chi connectivity index (χ3v) is 10.0. The topological polar surface area (TPSA) is 74.6 Å². The third-order valence-electron chi connectivity index (χ3n) is 10.0. The molecule has 4 aliphatic carbocycles. The summed E-state index contributed by atoms with van der Waals surface area (Å²) in [5.74, 6) is 2.25. The van der Waals surface area contributed by atoms with Gasteiger partial charge in [-0.15, -0.1) is 0 Å². The number of carbonyl (C=O) groups excluding carboxylic acids is 1. The molecule has 0 bridgehead atoms. The van der Waals surface area contributed by atoms with Crippen molar-refractivity contribution in [2.45, 2.75) is 91.1 Å². The molecule has 4 rings (SSSR count). The molecule has 0 aromatic heterocycles. The second-order valence-electron chi connectivity index (χ2n) is 11.2. The molecular weight excluding hydrogens is 352 g/mol. The van der Waals surface area contributed by atoms with Crippen LogP contribution in [0.2, 0.25) is 0 Å². The molecule has 0 aliphatic heterocycles. The molecule has 158 valence electrons. The van der Waals surface area contributed by atoms with Crippen molar-refractivity contribution in [1.29, 1.82) is 0 Å². The molecule has 9 atom stereocenters. The molecule has 0 spiro atoms. The highest BCUT2D eigenvalue weighted by molar-refractivity contribution is 5.83. The van der Waals surface area contributed by atoms with E-state index in [1.807, 2.05) is 0 Å². The Balaban J connectivity index is 1.56. The summed E-state index contributed by atoms with van der Waals surface area (Å²) in [4.78, 5) is 24.4. The molecule has 0 amide bonds. The molecule has 4 heteroatoms. The van der Waals surface area contributed by atoms with Crippen molar-refractivity contribution in [2.24, 2.45) is 46.3 Å². The van der Waals surface area contributed by atoms with Gasteiger partial charge in [0.25, 0.3) is 0 Å². The first kappa shape index (κ1) is 20.4. The smallest absolute Gasteiger partial charge is 0.303 e. The Morgan fingerprint density at radius 3 is 2.50 bits per heavy atom. The second-order valence-corrected chi connectivity index (χ2v) is 11.2. The quantitative estimate of drug-likeness (QED) is 0.730.